The number of fused-ring (bicyclic) bond motifs is 1. The van der Waals surface area contributed by atoms with Crippen molar-refractivity contribution in [3.05, 3.63) is 42.5 Å². The number of hydrogen-bond donors (Lipinski definition) is 1. The van der Waals surface area contributed by atoms with E-state index in [0.717, 1.165) is 31.6 Å². The number of rotatable bonds is 5. The lowest BCUT2D eigenvalue weighted by Gasteiger charge is -2.32. The lowest BCUT2D eigenvalue weighted by Crippen LogP contribution is -2.34. The molecule has 1 aromatic rings. The molecule has 0 saturated carbocycles. The Morgan fingerprint density at radius 1 is 1.53 bits per heavy atom. The minimum atomic E-state index is 0.512. The zero-order chi connectivity index (χ0) is 12.1. The molecule has 0 fully saturated rings. The topological polar surface area (TPSA) is 21.3 Å². The summed E-state index contributed by atoms with van der Waals surface area (Å²) >= 11 is 0. The molecule has 0 radical (unpaired) electrons. The van der Waals surface area contributed by atoms with Crippen molar-refractivity contribution in [3.8, 4) is 5.75 Å². The number of benzene rings is 1. The Morgan fingerprint density at radius 2 is 2.35 bits per heavy atom. The van der Waals surface area contributed by atoms with E-state index in [1.165, 1.54) is 5.56 Å². The third-order valence-corrected chi connectivity index (χ3v) is 3.54. The lowest BCUT2D eigenvalue weighted by atomic mass is 9.84. The van der Waals surface area contributed by atoms with Crippen LogP contribution >= 0.6 is 0 Å². The van der Waals surface area contributed by atoms with E-state index in [1.54, 1.807) is 0 Å². The number of ether oxygens (including phenoxy) is 1. The number of allylic oxidation sites excluding steroid dienone is 1. The van der Waals surface area contributed by atoms with Crippen molar-refractivity contribution in [1.82, 2.24) is 5.32 Å². The fourth-order valence-electron chi connectivity index (χ4n) is 2.63. The highest BCUT2D eigenvalue weighted by Gasteiger charge is 2.27. The van der Waals surface area contributed by atoms with Crippen LogP contribution in [0.3, 0.4) is 0 Å². The van der Waals surface area contributed by atoms with Crippen LogP contribution in [0.5, 0.6) is 5.75 Å². The van der Waals surface area contributed by atoms with Crippen molar-refractivity contribution >= 4 is 0 Å². The molecule has 2 unspecified atom stereocenters. The Kier molecular flexibility index (Phi) is 4.21. The fraction of sp³-hybridized carbons (Fsp3) is 0.467. The summed E-state index contributed by atoms with van der Waals surface area (Å²) in [7, 11) is 2.05. The van der Waals surface area contributed by atoms with Crippen LogP contribution in [0, 0.1) is 0 Å². The molecule has 0 spiro atoms. The van der Waals surface area contributed by atoms with E-state index in [-0.39, 0.29) is 0 Å². The fourth-order valence-corrected chi connectivity index (χ4v) is 2.63. The summed E-state index contributed by atoms with van der Waals surface area (Å²) in [4.78, 5) is 0. The van der Waals surface area contributed by atoms with Crippen LogP contribution in [0.2, 0.25) is 0 Å². The van der Waals surface area contributed by atoms with Gasteiger partial charge in [-0.2, -0.15) is 0 Å². The van der Waals surface area contributed by atoms with Crippen molar-refractivity contribution in [2.45, 2.75) is 31.2 Å². The van der Waals surface area contributed by atoms with Crippen LogP contribution in [0.4, 0.5) is 0 Å². The number of nitrogens with one attached hydrogen (secondary N) is 1. The van der Waals surface area contributed by atoms with E-state index in [1.807, 2.05) is 19.2 Å². The molecule has 92 valence electrons. The molecule has 2 heteroatoms. The van der Waals surface area contributed by atoms with Gasteiger partial charge in [-0.25, -0.2) is 0 Å². The predicted molar refractivity (Wildman–Crippen MR) is 71.6 cm³/mol. The zero-order valence-electron chi connectivity index (χ0n) is 10.5. The van der Waals surface area contributed by atoms with Gasteiger partial charge in [0.15, 0.2) is 0 Å². The summed E-state index contributed by atoms with van der Waals surface area (Å²) in [5.41, 5.74) is 1.35. The van der Waals surface area contributed by atoms with E-state index in [0.29, 0.717) is 12.0 Å². The maximum absolute atomic E-state index is 5.70. The summed E-state index contributed by atoms with van der Waals surface area (Å²) in [6.07, 6.45) is 5.29. The molecule has 2 atom stereocenters. The molecular weight excluding hydrogens is 210 g/mol. The molecule has 17 heavy (non-hydrogen) atoms. The average Bonchev–Trinajstić information content (AvgIpc) is 2.40. The molecule has 0 amide bonds. The molecule has 1 heterocycles. The molecule has 0 bridgehead atoms. The molecule has 0 aromatic heterocycles. The molecule has 1 aromatic carbocycles. The van der Waals surface area contributed by atoms with Crippen molar-refractivity contribution in [3.63, 3.8) is 0 Å². The van der Waals surface area contributed by atoms with Crippen LogP contribution in [-0.2, 0) is 0 Å². The zero-order valence-corrected chi connectivity index (χ0v) is 10.5. The summed E-state index contributed by atoms with van der Waals surface area (Å²) in [5, 5.41) is 3.44. The Bertz CT molecular complexity index is 375. The van der Waals surface area contributed by atoms with Gasteiger partial charge in [0.25, 0.3) is 0 Å². The molecular formula is C15H21NO. The molecule has 0 aliphatic carbocycles. The Hall–Kier alpha value is -1.28. The third-order valence-electron chi connectivity index (χ3n) is 3.54. The highest BCUT2D eigenvalue weighted by molar-refractivity contribution is 5.38. The van der Waals surface area contributed by atoms with Gasteiger partial charge in [-0.05, 0) is 37.9 Å². The molecule has 2 nitrogen and oxygen atoms in total. The van der Waals surface area contributed by atoms with Gasteiger partial charge in [0.1, 0.15) is 5.75 Å². The van der Waals surface area contributed by atoms with Gasteiger partial charge >= 0.3 is 0 Å². The first kappa shape index (κ1) is 12.2. The van der Waals surface area contributed by atoms with Gasteiger partial charge in [-0.15, -0.1) is 6.58 Å². The highest BCUT2D eigenvalue weighted by atomic mass is 16.5. The maximum Gasteiger partial charge on any atom is 0.122 e. The van der Waals surface area contributed by atoms with Crippen LogP contribution in [-0.4, -0.2) is 19.7 Å². The minimum absolute atomic E-state index is 0.512. The smallest absolute Gasteiger partial charge is 0.122 e. The third kappa shape index (κ3) is 2.70. The lowest BCUT2D eigenvalue weighted by molar-refractivity contribution is 0.245. The summed E-state index contributed by atoms with van der Waals surface area (Å²) in [6, 6.07) is 8.91. The van der Waals surface area contributed by atoms with Gasteiger partial charge in [0.2, 0.25) is 0 Å². The van der Waals surface area contributed by atoms with Gasteiger partial charge < -0.3 is 10.1 Å². The van der Waals surface area contributed by atoms with E-state index in [9.17, 15) is 0 Å². The highest BCUT2D eigenvalue weighted by Crippen LogP contribution is 2.36. The second kappa shape index (κ2) is 5.87. The monoisotopic (exact) mass is 231 g/mol. The second-order valence-corrected chi connectivity index (χ2v) is 4.54. The summed E-state index contributed by atoms with van der Waals surface area (Å²) in [6.45, 7) is 4.63. The van der Waals surface area contributed by atoms with Crippen LogP contribution < -0.4 is 10.1 Å². The normalized spacial score (nSPS) is 20.2. The van der Waals surface area contributed by atoms with E-state index < -0.39 is 0 Å². The number of hydrogen-bond acceptors (Lipinski definition) is 2. The van der Waals surface area contributed by atoms with Crippen molar-refractivity contribution in [1.29, 1.82) is 0 Å². The van der Waals surface area contributed by atoms with Gasteiger partial charge in [-0.1, -0.05) is 24.3 Å². The quantitative estimate of drug-likeness (QED) is 0.786. The SMILES string of the molecule is C=CCCC(NC)C1CCOc2ccccc21. The first-order chi connectivity index (χ1) is 8.36. The summed E-state index contributed by atoms with van der Waals surface area (Å²) in [5.74, 6) is 1.62. The maximum atomic E-state index is 5.70. The molecule has 2 rings (SSSR count). The van der Waals surface area contributed by atoms with Crippen molar-refractivity contribution in [2.75, 3.05) is 13.7 Å². The van der Waals surface area contributed by atoms with E-state index in [2.05, 4.69) is 30.1 Å². The Morgan fingerprint density at radius 3 is 3.12 bits per heavy atom. The van der Waals surface area contributed by atoms with Crippen molar-refractivity contribution < 1.29 is 4.74 Å². The molecule has 1 aliphatic heterocycles. The Balaban J connectivity index is 2.18. The van der Waals surface area contributed by atoms with Crippen LogP contribution in [0.25, 0.3) is 0 Å². The van der Waals surface area contributed by atoms with Crippen LogP contribution in [0.15, 0.2) is 36.9 Å². The minimum Gasteiger partial charge on any atom is -0.493 e. The summed E-state index contributed by atoms with van der Waals surface area (Å²) < 4.78 is 5.70. The van der Waals surface area contributed by atoms with Crippen LogP contribution in [0.1, 0.15) is 30.7 Å². The Labute approximate surface area is 104 Å². The predicted octanol–water partition coefficient (Wildman–Crippen LogP) is 3.11. The molecule has 1 N–H and O–H groups in total. The van der Waals surface area contributed by atoms with Crippen molar-refractivity contribution in [2.24, 2.45) is 0 Å². The number of para-hydroxylation sites is 1. The average molecular weight is 231 g/mol. The van der Waals surface area contributed by atoms with E-state index >= 15 is 0 Å². The second-order valence-electron chi connectivity index (χ2n) is 4.54. The van der Waals surface area contributed by atoms with Gasteiger partial charge in [0.05, 0.1) is 6.61 Å². The van der Waals surface area contributed by atoms with E-state index in [4.69, 9.17) is 4.74 Å². The van der Waals surface area contributed by atoms with Gasteiger partial charge in [-0.3, -0.25) is 0 Å². The standard InChI is InChI=1S/C15H21NO/c1-3-4-8-14(16-2)12-10-11-17-15-9-6-5-7-13(12)15/h3,5-7,9,12,14,16H,1,4,8,10-11H2,2H3. The first-order valence-corrected chi connectivity index (χ1v) is 6.36. The number of likely N-dealkylation sites (N-methyl/N-ethyl adjacent to an activating group) is 1. The largest absolute Gasteiger partial charge is 0.493 e. The first-order valence-electron chi connectivity index (χ1n) is 6.36. The van der Waals surface area contributed by atoms with Gasteiger partial charge in [0, 0.05) is 12.0 Å². The molecule has 0 saturated heterocycles. The molecule has 1 aliphatic rings.